The first kappa shape index (κ1) is 23.5. The van der Waals surface area contributed by atoms with Crippen molar-refractivity contribution in [1.29, 1.82) is 0 Å². The zero-order valence-corrected chi connectivity index (χ0v) is 19.0. The van der Waals surface area contributed by atoms with Gasteiger partial charge in [0, 0.05) is 41.8 Å². The van der Waals surface area contributed by atoms with Gasteiger partial charge in [0.05, 0.1) is 5.69 Å². The number of hydrogen-bond donors (Lipinski definition) is 2. The molecule has 162 valence electrons. The van der Waals surface area contributed by atoms with Gasteiger partial charge in [-0.05, 0) is 48.4 Å². The maximum Gasteiger partial charge on any atom is 0.215 e. The van der Waals surface area contributed by atoms with Crippen LogP contribution in [0.15, 0.2) is 36.7 Å². The van der Waals surface area contributed by atoms with E-state index in [9.17, 15) is 4.39 Å². The number of nitrogens with one attached hydrogen (secondary N) is 2. The molecular weight excluding hydrogens is 377 g/mol. The predicted octanol–water partition coefficient (Wildman–Crippen LogP) is 6.19. The standard InChI is InChI=1S/C20H22FN5.2C2H6/c1-20(2)6-3-15-16(11-20)25-26-19(15)14-9-17(21)24-18(10-14)23-12-13-4-7-22-8-5-13;2*1-2/h4-5,7-10H,3,6,11-12H2,1-2H3,(H,23,24)(H,25,26);2*1-2H3. The summed E-state index contributed by atoms with van der Waals surface area (Å²) >= 11 is 0. The van der Waals surface area contributed by atoms with Crippen LogP contribution in [0.5, 0.6) is 0 Å². The first-order chi connectivity index (χ1) is 14.5. The highest BCUT2D eigenvalue weighted by Gasteiger charge is 2.29. The van der Waals surface area contributed by atoms with Crippen LogP contribution in [0.25, 0.3) is 11.3 Å². The van der Waals surface area contributed by atoms with E-state index in [0.717, 1.165) is 36.1 Å². The zero-order chi connectivity index (χ0) is 22.1. The third-order valence-corrected chi connectivity index (χ3v) is 4.95. The number of halogens is 1. The van der Waals surface area contributed by atoms with Crippen LogP contribution in [0, 0.1) is 11.4 Å². The van der Waals surface area contributed by atoms with Gasteiger partial charge >= 0.3 is 0 Å². The van der Waals surface area contributed by atoms with Crippen LogP contribution in [0.4, 0.5) is 10.2 Å². The summed E-state index contributed by atoms with van der Waals surface area (Å²) < 4.78 is 14.1. The van der Waals surface area contributed by atoms with Gasteiger partial charge in [0.15, 0.2) is 0 Å². The number of aromatic nitrogens is 4. The summed E-state index contributed by atoms with van der Waals surface area (Å²) in [4.78, 5) is 7.96. The molecule has 0 aliphatic heterocycles. The SMILES string of the molecule is CC.CC.CC1(C)CCc2c(-c3cc(F)nc(NCc4ccncc4)c3)n[nH]c2C1. The number of pyridine rings is 2. The minimum atomic E-state index is -0.507. The molecule has 0 bridgehead atoms. The molecule has 1 aliphatic carbocycles. The minimum absolute atomic E-state index is 0.275. The molecule has 0 saturated heterocycles. The van der Waals surface area contributed by atoms with Gasteiger partial charge in [0.2, 0.25) is 5.95 Å². The largest absolute Gasteiger partial charge is 0.366 e. The monoisotopic (exact) mass is 411 g/mol. The fourth-order valence-electron chi connectivity index (χ4n) is 3.50. The van der Waals surface area contributed by atoms with E-state index in [1.165, 1.54) is 17.3 Å². The molecule has 30 heavy (non-hydrogen) atoms. The van der Waals surface area contributed by atoms with Crippen LogP contribution in [-0.2, 0) is 19.4 Å². The van der Waals surface area contributed by atoms with Crippen molar-refractivity contribution in [2.24, 2.45) is 5.41 Å². The van der Waals surface area contributed by atoms with Crippen molar-refractivity contribution < 1.29 is 4.39 Å². The second-order valence-corrected chi connectivity index (χ2v) is 7.64. The van der Waals surface area contributed by atoms with Gasteiger partial charge in [-0.1, -0.05) is 41.5 Å². The van der Waals surface area contributed by atoms with Crippen LogP contribution in [0.1, 0.15) is 64.8 Å². The summed E-state index contributed by atoms with van der Waals surface area (Å²) in [6.45, 7) is 13.1. The molecule has 6 heteroatoms. The Balaban J connectivity index is 0.000000757. The molecule has 0 aromatic carbocycles. The van der Waals surface area contributed by atoms with Gasteiger partial charge in [-0.3, -0.25) is 10.1 Å². The Kier molecular flexibility index (Phi) is 8.51. The van der Waals surface area contributed by atoms with Gasteiger partial charge in [-0.25, -0.2) is 4.98 Å². The summed E-state index contributed by atoms with van der Waals surface area (Å²) in [7, 11) is 0. The highest BCUT2D eigenvalue weighted by atomic mass is 19.1. The summed E-state index contributed by atoms with van der Waals surface area (Å²) in [6.07, 6.45) is 6.50. The average molecular weight is 412 g/mol. The second-order valence-electron chi connectivity index (χ2n) is 7.64. The molecule has 0 fully saturated rings. The van der Waals surface area contributed by atoms with E-state index in [2.05, 4.69) is 39.3 Å². The Morgan fingerprint density at radius 3 is 2.50 bits per heavy atom. The summed E-state index contributed by atoms with van der Waals surface area (Å²) in [5, 5.41) is 10.8. The van der Waals surface area contributed by atoms with Gasteiger partial charge in [0.1, 0.15) is 5.82 Å². The lowest BCUT2D eigenvalue weighted by molar-refractivity contribution is 0.312. The molecule has 0 atom stereocenters. The Morgan fingerprint density at radius 1 is 1.10 bits per heavy atom. The molecule has 4 rings (SSSR count). The van der Waals surface area contributed by atoms with Crippen LogP contribution in [0.2, 0.25) is 0 Å². The minimum Gasteiger partial charge on any atom is -0.366 e. The maximum absolute atomic E-state index is 14.1. The van der Waals surface area contributed by atoms with E-state index >= 15 is 0 Å². The molecule has 5 nitrogen and oxygen atoms in total. The second kappa shape index (κ2) is 10.9. The van der Waals surface area contributed by atoms with Crippen molar-refractivity contribution in [3.63, 3.8) is 0 Å². The van der Waals surface area contributed by atoms with Gasteiger partial charge in [-0.2, -0.15) is 9.49 Å². The fraction of sp³-hybridized carbons (Fsp3) is 0.458. The van der Waals surface area contributed by atoms with Crippen LogP contribution < -0.4 is 5.32 Å². The maximum atomic E-state index is 14.1. The van der Waals surface area contributed by atoms with Crippen molar-refractivity contribution in [3.05, 3.63) is 59.4 Å². The number of nitrogens with zero attached hydrogens (tertiary/aromatic N) is 3. The third kappa shape index (κ3) is 5.88. The lowest BCUT2D eigenvalue weighted by atomic mass is 9.76. The Hall–Kier alpha value is -2.76. The molecule has 1 aliphatic rings. The summed E-state index contributed by atoms with van der Waals surface area (Å²) in [5.41, 5.74) is 5.30. The Bertz CT molecular complexity index is 919. The van der Waals surface area contributed by atoms with Crippen molar-refractivity contribution in [2.75, 3.05) is 5.32 Å². The lowest BCUT2D eigenvalue weighted by Gasteiger charge is -2.29. The van der Waals surface area contributed by atoms with E-state index in [1.54, 1.807) is 12.4 Å². The number of H-pyrrole nitrogens is 1. The van der Waals surface area contributed by atoms with E-state index in [4.69, 9.17) is 0 Å². The number of aromatic amines is 1. The topological polar surface area (TPSA) is 66.5 Å². The number of hydrogen-bond acceptors (Lipinski definition) is 4. The summed E-state index contributed by atoms with van der Waals surface area (Å²) in [5.74, 6) is -0.00248. The Morgan fingerprint density at radius 2 is 1.80 bits per heavy atom. The molecule has 0 spiro atoms. The fourth-order valence-corrected chi connectivity index (χ4v) is 3.50. The molecule has 3 aromatic heterocycles. The quantitative estimate of drug-likeness (QED) is 0.503. The first-order valence-corrected chi connectivity index (χ1v) is 10.9. The van der Waals surface area contributed by atoms with E-state index in [1.807, 2.05) is 45.9 Å². The molecule has 0 radical (unpaired) electrons. The molecule has 0 amide bonds. The van der Waals surface area contributed by atoms with E-state index in [-0.39, 0.29) is 5.41 Å². The van der Waals surface area contributed by atoms with Crippen molar-refractivity contribution >= 4 is 5.82 Å². The van der Waals surface area contributed by atoms with Gasteiger partial charge in [0.25, 0.3) is 0 Å². The molecule has 2 N–H and O–H groups in total. The van der Waals surface area contributed by atoms with Crippen LogP contribution in [0.3, 0.4) is 0 Å². The average Bonchev–Trinajstić information content (AvgIpc) is 3.17. The van der Waals surface area contributed by atoms with E-state index in [0.29, 0.717) is 12.4 Å². The third-order valence-electron chi connectivity index (χ3n) is 4.95. The normalized spacial score (nSPS) is 13.8. The Labute approximate surface area is 179 Å². The molecule has 3 aromatic rings. The predicted molar refractivity (Wildman–Crippen MR) is 122 cm³/mol. The van der Waals surface area contributed by atoms with Crippen LogP contribution in [-0.4, -0.2) is 20.2 Å². The van der Waals surface area contributed by atoms with Gasteiger partial charge < -0.3 is 5.32 Å². The van der Waals surface area contributed by atoms with E-state index < -0.39 is 5.95 Å². The van der Waals surface area contributed by atoms with Crippen molar-refractivity contribution in [3.8, 4) is 11.3 Å². The lowest BCUT2D eigenvalue weighted by Crippen LogP contribution is -2.21. The highest BCUT2D eigenvalue weighted by Crippen LogP contribution is 2.38. The number of anilines is 1. The highest BCUT2D eigenvalue weighted by molar-refractivity contribution is 5.67. The summed E-state index contributed by atoms with van der Waals surface area (Å²) in [6, 6.07) is 7.15. The molecular formula is C24H34FN5. The zero-order valence-electron chi connectivity index (χ0n) is 19.0. The van der Waals surface area contributed by atoms with Crippen LogP contribution >= 0.6 is 0 Å². The molecule has 0 saturated carbocycles. The number of rotatable bonds is 4. The van der Waals surface area contributed by atoms with Gasteiger partial charge in [-0.15, -0.1) is 0 Å². The number of fused-ring (bicyclic) bond motifs is 1. The molecule has 0 unspecified atom stereocenters. The van der Waals surface area contributed by atoms with Crippen molar-refractivity contribution in [1.82, 2.24) is 20.2 Å². The smallest absolute Gasteiger partial charge is 0.215 e. The molecule has 3 heterocycles. The first-order valence-electron chi connectivity index (χ1n) is 10.9. The van der Waals surface area contributed by atoms with Crippen molar-refractivity contribution in [2.45, 2.75) is 67.3 Å².